The summed E-state index contributed by atoms with van der Waals surface area (Å²) in [4.78, 5) is 7.70. The number of hydrogen-bond donors (Lipinski definition) is 0. The molecular weight excluding hydrogens is 559 g/mol. The third-order valence-electron chi connectivity index (χ3n) is 9.58. The van der Waals surface area contributed by atoms with Crippen LogP contribution in [0, 0.1) is 0 Å². The van der Waals surface area contributed by atoms with Gasteiger partial charge in [-0.2, -0.15) is 0 Å². The number of para-hydroxylation sites is 2. The third kappa shape index (κ3) is 3.38. The quantitative estimate of drug-likeness (QED) is 0.188. The molecule has 3 heteroatoms. The summed E-state index contributed by atoms with van der Waals surface area (Å²) in [5.41, 5.74) is 11.4. The topological polar surface area (TPSA) is 3.24 Å². The van der Waals surface area contributed by atoms with Crippen molar-refractivity contribution in [1.82, 2.24) is 0 Å². The molecule has 2 aliphatic heterocycles. The van der Waals surface area contributed by atoms with Crippen molar-refractivity contribution in [3.8, 4) is 0 Å². The second-order valence-corrected chi connectivity index (χ2v) is 14.3. The summed E-state index contributed by atoms with van der Waals surface area (Å²) < 4.78 is 0. The van der Waals surface area contributed by atoms with E-state index in [1.165, 1.54) is 70.0 Å². The Kier molecular flexibility index (Phi) is 5.40. The Balaban J connectivity index is 1.38. The van der Waals surface area contributed by atoms with E-state index >= 15 is 0 Å². The van der Waals surface area contributed by atoms with Crippen LogP contribution in [0.2, 0.25) is 0 Å². The molecule has 9 rings (SSSR count). The lowest BCUT2D eigenvalue weighted by atomic mass is 9.54. The van der Waals surface area contributed by atoms with Gasteiger partial charge in [0.15, 0.2) is 0 Å². The van der Waals surface area contributed by atoms with Crippen molar-refractivity contribution in [3.63, 3.8) is 0 Å². The fourth-order valence-corrected chi connectivity index (χ4v) is 9.97. The van der Waals surface area contributed by atoms with Crippen molar-refractivity contribution in [1.29, 1.82) is 0 Å². The van der Waals surface area contributed by atoms with Gasteiger partial charge in [0.25, 0.3) is 0 Å². The fourth-order valence-electron chi connectivity index (χ4n) is 7.72. The molecule has 0 unspecified atom stereocenters. The highest BCUT2D eigenvalue weighted by Gasteiger charge is 2.52. The summed E-state index contributed by atoms with van der Waals surface area (Å²) in [7, 11) is 0. The average Bonchev–Trinajstić information content (AvgIpc) is 3.05. The van der Waals surface area contributed by atoms with Crippen LogP contribution in [-0.4, -0.2) is 0 Å². The van der Waals surface area contributed by atoms with Crippen LogP contribution in [0.5, 0.6) is 0 Å². The van der Waals surface area contributed by atoms with E-state index in [9.17, 15) is 0 Å². The lowest BCUT2D eigenvalue weighted by Gasteiger charge is -2.50. The molecule has 0 bridgehead atoms. The summed E-state index contributed by atoms with van der Waals surface area (Å²) in [6, 6.07) is 52.2. The van der Waals surface area contributed by atoms with Gasteiger partial charge >= 0.3 is 0 Å². The molecule has 6 aromatic carbocycles. The zero-order valence-electron chi connectivity index (χ0n) is 24.0. The second kappa shape index (κ2) is 9.16. The maximum atomic E-state index is 2.49. The molecule has 1 spiro atoms. The zero-order chi connectivity index (χ0) is 28.8. The summed E-state index contributed by atoms with van der Waals surface area (Å²) in [5, 5.41) is 0. The van der Waals surface area contributed by atoms with Gasteiger partial charge in [0.05, 0.1) is 16.8 Å². The van der Waals surface area contributed by atoms with E-state index in [1.807, 2.05) is 23.5 Å². The van der Waals surface area contributed by atoms with Crippen molar-refractivity contribution >= 4 is 40.6 Å². The molecule has 43 heavy (non-hydrogen) atoms. The van der Waals surface area contributed by atoms with E-state index in [2.05, 4.69) is 158 Å². The first-order valence-electron chi connectivity index (χ1n) is 14.9. The highest BCUT2D eigenvalue weighted by Crippen LogP contribution is 2.62. The largest absolute Gasteiger partial charge is 0.308 e. The SMILES string of the molecule is CC1(C)c2ccccc2C2(c3ccccc3Sc3ccccc32)c2ccc(N3c4ccccc4Sc4ccccc43)cc21. The summed E-state index contributed by atoms with van der Waals surface area (Å²) in [6.45, 7) is 4.81. The zero-order valence-corrected chi connectivity index (χ0v) is 25.7. The molecule has 1 aliphatic carbocycles. The molecule has 0 radical (unpaired) electrons. The molecular formula is C40H29NS2. The van der Waals surface area contributed by atoms with Gasteiger partial charge in [0.2, 0.25) is 0 Å². The van der Waals surface area contributed by atoms with Crippen LogP contribution in [-0.2, 0) is 10.8 Å². The van der Waals surface area contributed by atoms with Crippen LogP contribution in [0.25, 0.3) is 0 Å². The molecule has 6 aromatic rings. The Labute approximate surface area is 261 Å². The third-order valence-corrected chi connectivity index (χ3v) is 11.9. The lowest BCUT2D eigenvalue weighted by molar-refractivity contribution is 0.549. The summed E-state index contributed by atoms with van der Waals surface area (Å²) in [6.07, 6.45) is 0. The molecule has 0 atom stereocenters. The van der Waals surface area contributed by atoms with E-state index in [0.717, 1.165) is 0 Å². The first-order valence-corrected chi connectivity index (χ1v) is 16.5. The Bertz CT molecular complexity index is 2000. The Morgan fingerprint density at radius 3 is 1.47 bits per heavy atom. The van der Waals surface area contributed by atoms with Crippen LogP contribution in [0.4, 0.5) is 17.1 Å². The van der Waals surface area contributed by atoms with Crippen molar-refractivity contribution in [2.45, 2.75) is 44.3 Å². The van der Waals surface area contributed by atoms with Gasteiger partial charge in [0, 0.05) is 30.7 Å². The van der Waals surface area contributed by atoms with Crippen LogP contribution in [0.3, 0.4) is 0 Å². The molecule has 0 saturated heterocycles. The molecule has 2 heterocycles. The standard InChI is InChI=1S/C40H29NS2/c1-39(2)27-13-3-4-14-28(27)40(30-15-5-9-19-35(30)42-36-20-10-6-16-31(36)40)29-24-23-26(25-32(29)39)41-33-17-7-11-21-37(33)43-38-22-12-8-18-34(38)41/h3-25H,1-2H3. The van der Waals surface area contributed by atoms with E-state index in [-0.39, 0.29) is 5.41 Å². The Morgan fingerprint density at radius 2 is 0.860 bits per heavy atom. The average molecular weight is 588 g/mol. The molecule has 1 nitrogen and oxygen atoms in total. The molecule has 0 fully saturated rings. The van der Waals surface area contributed by atoms with Crippen molar-refractivity contribution in [2.24, 2.45) is 0 Å². The van der Waals surface area contributed by atoms with Gasteiger partial charge in [-0.1, -0.05) is 128 Å². The molecule has 206 valence electrons. The maximum absolute atomic E-state index is 2.49. The summed E-state index contributed by atoms with van der Waals surface area (Å²) >= 11 is 3.76. The number of nitrogens with zero attached hydrogens (tertiary/aromatic N) is 1. The van der Waals surface area contributed by atoms with Gasteiger partial charge in [-0.05, 0) is 81.9 Å². The lowest BCUT2D eigenvalue weighted by Crippen LogP contribution is -2.43. The van der Waals surface area contributed by atoms with E-state index in [1.54, 1.807) is 0 Å². The first-order chi connectivity index (χ1) is 21.1. The summed E-state index contributed by atoms with van der Waals surface area (Å²) in [5.74, 6) is 0. The predicted octanol–water partition coefficient (Wildman–Crippen LogP) is 11.1. The van der Waals surface area contributed by atoms with Crippen molar-refractivity contribution in [3.05, 3.63) is 173 Å². The van der Waals surface area contributed by atoms with Crippen LogP contribution < -0.4 is 4.90 Å². The number of hydrogen-bond acceptors (Lipinski definition) is 3. The van der Waals surface area contributed by atoms with Gasteiger partial charge in [-0.3, -0.25) is 0 Å². The van der Waals surface area contributed by atoms with E-state index in [0.29, 0.717) is 0 Å². The van der Waals surface area contributed by atoms with Crippen LogP contribution in [0.1, 0.15) is 47.2 Å². The molecule has 3 aliphatic rings. The molecule has 0 aromatic heterocycles. The normalized spacial score (nSPS) is 16.3. The van der Waals surface area contributed by atoms with Gasteiger partial charge in [-0.15, -0.1) is 0 Å². The second-order valence-electron chi connectivity index (χ2n) is 12.1. The smallest absolute Gasteiger partial charge is 0.0729 e. The number of rotatable bonds is 1. The molecule has 0 N–H and O–H groups in total. The van der Waals surface area contributed by atoms with Gasteiger partial charge in [0.1, 0.15) is 0 Å². The van der Waals surface area contributed by atoms with Crippen LogP contribution >= 0.6 is 23.5 Å². The minimum Gasteiger partial charge on any atom is -0.308 e. The highest BCUT2D eigenvalue weighted by atomic mass is 32.2. The molecule has 0 saturated carbocycles. The van der Waals surface area contributed by atoms with Crippen LogP contribution in [0.15, 0.2) is 159 Å². The van der Waals surface area contributed by atoms with Crippen molar-refractivity contribution in [2.75, 3.05) is 4.90 Å². The maximum Gasteiger partial charge on any atom is 0.0729 e. The predicted molar refractivity (Wildman–Crippen MR) is 180 cm³/mol. The fraction of sp³-hybridized carbons (Fsp3) is 0.100. The number of benzene rings is 6. The van der Waals surface area contributed by atoms with E-state index < -0.39 is 5.41 Å². The minimum atomic E-state index is -0.397. The number of anilines is 3. The molecule has 0 amide bonds. The van der Waals surface area contributed by atoms with Crippen molar-refractivity contribution < 1.29 is 0 Å². The first kappa shape index (κ1) is 25.3. The van der Waals surface area contributed by atoms with Gasteiger partial charge < -0.3 is 4.90 Å². The van der Waals surface area contributed by atoms with Gasteiger partial charge in [-0.25, -0.2) is 0 Å². The van der Waals surface area contributed by atoms with E-state index in [4.69, 9.17) is 0 Å². The number of fused-ring (bicyclic) bond motifs is 10. The highest BCUT2D eigenvalue weighted by molar-refractivity contribution is 8.00. The monoisotopic (exact) mass is 587 g/mol. The minimum absolute atomic E-state index is 0.189. The Morgan fingerprint density at radius 1 is 0.419 bits per heavy atom. The Hall–Kier alpha value is -4.18.